The molecular weight excluding hydrogens is 228 g/mol. The highest BCUT2D eigenvalue weighted by molar-refractivity contribution is 4.91. The highest BCUT2D eigenvalue weighted by atomic mass is 14.5. The van der Waals surface area contributed by atoms with Crippen molar-refractivity contribution in [2.75, 3.05) is 0 Å². The number of hydrogen-bond acceptors (Lipinski definition) is 0. The van der Waals surface area contributed by atoms with Crippen LogP contribution in [0, 0.1) is 28.6 Å². The lowest BCUT2D eigenvalue weighted by Gasteiger charge is -2.41. The van der Waals surface area contributed by atoms with E-state index in [9.17, 15) is 0 Å². The van der Waals surface area contributed by atoms with E-state index in [1.54, 1.807) is 0 Å². The van der Waals surface area contributed by atoms with Crippen LogP contribution in [0.4, 0.5) is 0 Å². The van der Waals surface area contributed by atoms with E-state index in [2.05, 4.69) is 34.6 Å². The normalized spacial score (nSPS) is 41.2. The largest absolute Gasteiger partial charge is 0.0649 e. The second-order valence-corrected chi connectivity index (χ2v) is 8.93. The first-order valence-electron chi connectivity index (χ1n) is 8.85. The maximum Gasteiger partial charge on any atom is -0.0300 e. The summed E-state index contributed by atoms with van der Waals surface area (Å²) in [5.41, 5.74) is 1.14. The van der Waals surface area contributed by atoms with E-state index >= 15 is 0 Å². The summed E-state index contributed by atoms with van der Waals surface area (Å²) in [7, 11) is 0. The van der Waals surface area contributed by atoms with Gasteiger partial charge in [0.05, 0.1) is 0 Å². The van der Waals surface area contributed by atoms with Gasteiger partial charge in [0.15, 0.2) is 0 Å². The summed E-state index contributed by atoms with van der Waals surface area (Å²) < 4.78 is 0. The van der Waals surface area contributed by atoms with Gasteiger partial charge in [-0.05, 0) is 54.3 Å². The first-order chi connectivity index (χ1) is 8.85. The van der Waals surface area contributed by atoms with E-state index in [1.807, 2.05) is 0 Å². The third kappa shape index (κ3) is 3.56. The van der Waals surface area contributed by atoms with Crippen molar-refractivity contribution in [2.24, 2.45) is 28.6 Å². The van der Waals surface area contributed by atoms with Gasteiger partial charge in [0.2, 0.25) is 0 Å². The maximum absolute atomic E-state index is 2.60. The van der Waals surface area contributed by atoms with Crippen molar-refractivity contribution in [1.82, 2.24) is 0 Å². The standard InChI is InChI=1S/C19H36/c1-6-19(5)12-8-7-9-15-10-11-16(19)14-17(13-15)18(2,3)4/h15-17H,6-14H2,1-5H3. The van der Waals surface area contributed by atoms with Crippen molar-refractivity contribution in [3.05, 3.63) is 0 Å². The van der Waals surface area contributed by atoms with Gasteiger partial charge in [-0.15, -0.1) is 0 Å². The van der Waals surface area contributed by atoms with Crippen LogP contribution in [-0.2, 0) is 0 Å². The third-order valence-corrected chi connectivity index (χ3v) is 6.74. The molecule has 0 N–H and O–H groups in total. The molecule has 0 aromatic heterocycles. The van der Waals surface area contributed by atoms with E-state index < -0.39 is 0 Å². The first kappa shape index (κ1) is 15.4. The Morgan fingerprint density at radius 2 is 1.74 bits per heavy atom. The van der Waals surface area contributed by atoms with Crippen LogP contribution in [0.5, 0.6) is 0 Å². The molecule has 0 nitrogen and oxygen atoms in total. The second-order valence-electron chi connectivity index (χ2n) is 8.93. The van der Waals surface area contributed by atoms with Crippen LogP contribution in [0.1, 0.15) is 92.4 Å². The predicted molar refractivity (Wildman–Crippen MR) is 85.3 cm³/mol. The van der Waals surface area contributed by atoms with Gasteiger partial charge >= 0.3 is 0 Å². The average molecular weight is 264 g/mol. The Hall–Kier alpha value is 0. The molecule has 0 heterocycles. The third-order valence-electron chi connectivity index (χ3n) is 6.74. The molecule has 2 rings (SSSR count). The maximum atomic E-state index is 2.60. The van der Waals surface area contributed by atoms with E-state index in [1.165, 1.54) is 57.8 Å². The molecule has 0 aromatic rings. The van der Waals surface area contributed by atoms with Gasteiger partial charge in [-0.2, -0.15) is 0 Å². The molecule has 4 atom stereocenters. The highest BCUT2D eigenvalue weighted by Crippen LogP contribution is 2.51. The van der Waals surface area contributed by atoms with Gasteiger partial charge in [-0.1, -0.05) is 66.7 Å². The zero-order valence-corrected chi connectivity index (χ0v) is 14.1. The number of rotatable bonds is 1. The van der Waals surface area contributed by atoms with Gasteiger partial charge in [-0.25, -0.2) is 0 Å². The van der Waals surface area contributed by atoms with E-state index in [0.29, 0.717) is 10.8 Å². The number of hydrogen-bond donors (Lipinski definition) is 0. The molecule has 112 valence electrons. The van der Waals surface area contributed by atoms with Gasteiger partial charge in [-0.3, -0.25) is 0 Å². The lowest BCUT2D eigenvalue weighted by molar-refractivity contribution is 0.0914. The zero-order valence-electron chi connectivity index (χ0n) is 14.1. The Balaban J connectivity index is 2.24. The van der Waals surface area contributed by atoms with E-state index in [4.69, 9.17) is 0 Å². The molecule has 0 aromatic carbocycles. The SMILES string of the molecule is CCC1(C)CCCCC2CCC1CC(C(C)(C)C)C2. The van der Waals surface area contributed by atoms with E-state index in [0.717, 1.165) is 17.8 Å². The van der Waals surface area contributed by atoms with Crippen LogP contribution in [0.2, 0.25) is 0 Å². The molecule has 2 bridgehead atoms. The van der Waals surface area contributed by atoms with Gasteiger partial charge < -0.3 is 0 Å². The summed E-state index contributed by atoms with van der Waals surface area (Å²) in [6, 6.07) is 0. The lowest BCUT2D eigenvalue weighted by Crippen LogP contribution is -2.31. The van der Waals surface area contributed by atoms with Gasteiger partial charge in [0, 0.05) is 0 Å². The minimum atomic E-state index is 0.509. The molecule has 0 heteroatoms. The summed E-state index contributed by atoms with van der Waals surface area (Å²) in [6.07, 6.45) is 13.4. The summed E-state index contributed by atoms with van der Waals surface area (Å²) >= 11 is 0. The topological polar surface area (TPSA) is 0 Å². The molecule has 0 saturated heterocycles. The fourth-order valence-electron chi connectivity index (χ4n) is 4.75. The molecular formula is C19H36. The number of fused-ring (bicyclic) bond motifs is 3. The van der Waals surface area contributed by atoms with Crippen LogP contribution in [-0.4, -0.2) is 0 Å². The lowest BCUT2D eigenvalue weighted by atomic mass is 9.64. The van der Waals surface area contributed by atoms with Crippen molar-refractivity contribution < 1.29 is 0 Å². The van der Waals surface area contributed by atoms with E-state index in [-0.39, 0.29) is 0 Å². The van der Waals surface area contributed by atoms with Crippen molar-refractivity contribution in [1.29, 1.82) is 0 Å². The molecule has 0 radical (unpaired) electrons. The van der Waals surface area contributed by atoms with Crippen LogP contribution in [0.3, 0.4) is 0 Å². The smallest absolute Gasteiger partial charge is 0.0300 e. The molecule has 2 aliphatic rings. The molecule has 19 heavy (non-hydrogen) atoms. The molecule has 2 saturated carbocycles. The van der Waals surface area contributed by atoms with Crippen LogP contribution in [0.25, 0.3) is 0 Å². The fourth-order valence-corrected chi connectivity index (χ4v) is 4.75. The van der Waals surface area contributed by atoms with Crippen molar-refractivity contribution >= 4 is 0 Å². The minimum Gasteiger partial charge on any atom is -0.0649 e. The Morgan fingerprint density at radius 1 is 1.00 bits per heavy atom. The monoisotopic (exact) mass is 264 g/mol. The Labute approximate surface area is 121 Å². The molecule has 2 fully saturated rings. The van der Waals surface area contributed by atoms with Crippen LogP contribution < -0.4 is 0 Å². The molecule has 2 aliphatic carbocycles. The molecule has 0 amide bonds. The van der Waals surface area contributed by atoms with Crippen molar-refractivity contribution in [3.8, 4) is 0 Å². The minimum absolute atomic E-state index is 0.509. The summed E-state index contributed by atoms with van der Waals surface area (Å²) in [4.78, 5) is 0. The van der Waals surface area contributed by atoms with Crippen LogP contribution >= 0.6 is 0 Å². The van der Waals surface area contributed by atoms with Gasteiger partial charge in [0.1, 0.15) is 0 Å². The zero-order chi connectivity index (χ0) is 14.1. The first-order valence-corrected chi connectivity index (χ1v) is 8.85. The summed E-state index contributed by atoms with van der Waals surface area (Å²) in [6.45, 7) is 12.5. The Bertz CT molecular complexity index is 285. The Morgan fingerprint density at radius 3 is 2.37 bits per heavy atom. The quantitative estimate of drug-likeness (QED) is 0.511. The predicted octanol–water partition coefficient (Wildman–Crippen LogP) is 6.45. The van der Waals surface area contributed by atoms with Crippen molar-refractivity contribution in [2.45, 2.75) is 92.4 Å². The van der Waals surface area contributed by atoms with Gasteiger partial charge in [0.25, 0.3) is 0 Å². The Kier molecular flexibility index (Phi) is 4.68. The van der Waals surface area contributed by atoms with Crippen LogP contribution in [0.15, 0.2) is 0 Å². The molecule has 0 spiro atoms. The molecule has 0 aliphatic heterocycles. The summed E-state index contributed by atoms with van der Waals surface area (Å²) in [5, 5.41) is 0. The highest BCUT2D eigenvalue weighted by Gasteiger charge is 2.40. The average Bonchev–Trinajstić information content (AvgIpc) is 2.53. The second kappa shape index (κ2) is 5.78. The fraction of sp³-hybridized carbons (Fsp3) is 1.00. The molecule has 4 unspecified atom stereocenters. The summed E-state index contributed by atoms with van der Waals surface area (Å²) in [5.74, 6) is 2.98. The van der Waals surface area contributed by atoms with Crippen molar-refractivity contribution in [3.63, 3.8) is 0 Å².